The molecular formula is C20H20ClN3O2S2. The van der Waals surface area contributed by atoms with Crippen LogP contribution in [0.15, 0.2) is 52.9 Å². The van der Waals surface area contributed by atoms with E-state index in [1.807, 2.05) is 30.3 Å². The summed E-state index contributed by atoms with van der Waals surface area (Å²) in [5.74, 6) is 1.15. The summed E-state index contributed by atoms with van der Waals surface area (Å²) in [7, 11) is 0. The first-order valence-corrected chi connectivity index (χ1v) is 11.1. The van der Waals surface area contributed by atoms with E-state index in [2.05, 4.69) is 22.4 Å². The van der Waals surface area contributed by atoms with E-state index < -0.39 is 0 Å². The molecule has 0 saturated heterocycles. The van der Waals surface area contributed by atoms with Gasteiger partial charge in [-0.1, -0.05) is 72.3 Å². The number of anilines is 1. The first kappa shape index (κ1) is 20.6. The number of thioether (sulfide) groups is 1. The molecule has 1 aromatic heterocycles. The minimum atomic E-state index is -0.236. The quantitative estimate of drug-likeness (QED) is 0.258. The Bertz CT molecular complexity index is 933. The molecule has 0 spiro atoms. The zero-order valence-electron chi connectivity index (χ0n) is 15.4. The van der Waals surface area contributed by atoms with E-state index in [4.69, 9.17) is 16.3 Å². The predicted octanol–water partition coefficient (Wildman–Crippen LogP) is 5.92. The Balaban J connectivity index is 1.56. The van der Waals surface area contributed by atoms with E-state index in [-0.39, 0.29) is 5.91 Å². The highest BCUT2D eigenvalue weighted by Crippen LogP contribution is 2.30. The van der Waals surface area contributed by atoms with Crippen LogP contribution in [0.1, 0.15) is 35.7 Å². The van der Waals surface area contributed by atoms with E-state index in [0.29, 0.717) is 28.8 Å². The van der Waals surface area contributed by atoms with Crippen LogP contribution < -0.4 is 10.1 Å². The highest BCUT2D eigenvalue weighted by Gasteiger charge is 2.12. The molecule has 1 N–H and O–H groups in total. The van der Waals surface area contributed by atoms with Crippen LogP contribution in [-0.4, -0.2) is 22.7 Å². The van der Waals surface area contributed by atoms with Crippen LogP contribution in [0.3, 0.4) is 0 Å². The van der Waals surface area contributed by atoms with Gasteiger partial charge in [0.05, 0.1) is 6.61 Å². The molecule has 0 unspecified atom stereocenters. The summed E-state index contributed by atoms with van der Waals surface area (Å²) in [6.45, 7) is 2.75. The summed E-state index contributed by atoms with van der Waals surface area (Å²) >= 11 is 9.04. The number of benzene rings is 2. The van der Waals surface area contributed by atoms with Crippen LogP contribution in [0, 0.1) is 0 Å². The summed E-state index contributed by atoms with van der Waals surface area (Å²) in [5.41, 5.74) is 1.56. The van der Waals surface area contributed by atoms with Crippen LogP contribution in [0.4, 0.5) is 5.13 Å². The van der Waals surface area contributed by atoms with Crippen molar-refractivity contribution in [3.8, 4) is 5.75 Å². The molecule has 0 aliphatic heterocycles. The number of aromatic nitrogens is 2. The number of unbranched alkanes of at least 4 members (excludes halogenated alkanes) is 1. The smallest absolute Gasteiger partial charge is 0.257 e. The number of rotatable bonds is 9. The molecule has 3 rings (SSSR count). The third-order valence-electron chi connectivity index (χ3n) is 3.80. The zero-order chi connectivity index (χ0) is 19.8. The van der Waals surface area contributed by atoms with E-state index in [0.717, 1.165) is 27.8 Å². The van der Waals surface area contributed by atoms with Crippen LogP contribution >= 0.6 is 34.7 Å². The lowest BCUT2D eigenvalue weighted by molar-refractivity contribution is 0.102. The van der Waals surface area contributed by atoms with E-state index in [9.17, 15) is 4.79 Å². The second kappa shape index (κ2) is 10.5. The Morgan fingerprint density at radius 2 is 2.07 bits per heavy atom. The Hall–Kier alpha value is -2.09. The molecule has 146 valence electrons. The fourth-order valence-electron chi connectivity index (χ4n) is 2.30. The molecule has 0 aliphatic carbocycles. The van der Waals surface area contributed by atoms with Crippen LogP contribution in [0.5, 0.6) is 5.75 Å². The summed E-state index contributed by atoms with van der Waals surface area (Å²) in [6, 6.07) is 14.8. The average Bonchev–Trinajstić information content (AvgIpc) is 3.15. The van der Waals surface area contributed by atoms with Crippen molar-refractivity contribution in [2.45, 2.75) is 29.9 Å². The van der Waals surface area contributed by atoms with Crippen LogP contribution in [-0.2, 0) is 5.75 Å². The SMILES string of the molecule is CCCCOc1cccc(C(=O)Nc2nnc(SCc3ccccc3Cl)s2)c1. The molecule has 0 saturated carbocycles. The summed E-state index contributed by atoms with van der Waals surface area (Å²) in [5, 5.41) is 12.2. The number of hydrogen-bond acceptors (Lipinski definition) is 6. The average molecular weight is 434 g/mol. The van der Waals surface area contributed by atoms with E-state index in [1.165, 1.54) is 23.1 Å². The highest BCUT2D eigenvalue weighted by atomic mass is 35.5. The third kappa shape index (κ3) is 5.95. The van der Waals surface area contributed by atoms with E-state index >= 15 is 0 Å². The van der Waals surface area contributed by atoms with Gasteiger partial charge in [-0.3, -0.25) is 10.1 Å². The number of carbonyl (C=O) groups is 1. The molecule has 5 nitrogen and oxygen atoms in total. The minimum Gasteiger partial charge on any atom is -0.494 e. The van der Waals surface area contributed by atoms with Crippen molar-refractivity contribution in [3.05, 3.63) is 64.7 Å². The van der Waals surface area contributed by atoms with Crippen LogP contribution in [0.2, 0.25) is 5.02 Å². The molecular weight excluding hydrogens is 414 g/mol. The third-order valence-corrected chi connectivity index (χ3v) is 6.19. The fourth-order valence-corrected chi connectivity index (χ4v) is 4.34. The highest BCUT2D eigenvalue weighted by molar-refractivity contribution is 8.00. The molecule has 0 bridgehead atoms. The van der Waals surface area contributed by atoms with Crippen molar-refractivity contribution in [2.24, 2.45) is 0 Å². The van der Waals surface area contributed by atoms with Crippen molar-refractivity contribution in [1.29, 1.82) is 0 Å². The van der Waals surface area contributed by atoms with Gasteiger partial charge < -0.3 is 4.74 Å². The topological polar surface area (TPSA) is 64.1 Å². The van der Waals surface area contributed by atoms with E-state index in [1.54, 1.807) is 18.2 Å². The lowest BCUT2D eigenvalue weighted by Gasteiger charge is -2.07. The summed E-state index contributed by atoms with van der Waals surface area (Å²) in [4.78, 5) is 12.5. The van der Waals surface area contributed by atoms with Crippen molar-refractivity contribution in [2.75, 3.05) is 11.9 Å². The molecule has 0 fully saturated rings. The van der Waals surface area contributed by atoms with Gasteiger partial charge in [0, 0.05) is 16.3 Å². The fraction of sp³-hybridized carbons (Fsp3) is 0.250. The predicted molar refractivity (Wildman–Crippen MR) is 116 cm³/mol. The lowest BCUT2D eigenvalue weighted by Crippen LogP contribution is -2.11. The summed E-state index contributed by atoms with van der Waals surface area (Å²) in [6.07, 6.45) is 2.05. The standard InChI is InChI=1S/C20H20ClN3O2S2/c1-2-3-11-26-16-9-6-8-14(12-16)18(25)22-19-23-24-20(28-19)27-13-15-7-4-5-10-17(15)21/h4-10,12H,2-3,11,13H2,1H3,(H,22,23,25). The number of hydrogen-bond donors (Lipinski definition) is 1. The maximum atomic E-state index is 12.5. The van der Waals surface area contributed by atoms with Gasteiger partial charge in [-0.05, 0) is 36.2 Å². The zero-order valence-corrected chi connectivity index (χ0v) is 17.7. The number of carbonyl (C=O) groups excluding carboxylic acids is 1. The lowest BCUT2D eigenvalue weighted by atomic mass is 10.2. The Morgan fingerprint density at radius 3 is 2.89 bits per heavy atom. The molecule has 0 radical (unpaired) electrons. The normalized spacial score (nSPS) is 10.6. The molecule has 1 heterocycles. The molecule has 0 aliphatic rings. The molecule has 28 heavy (non-hydrogen) atoms. The first-order chi connectivity index (χ1) is 13.7. The van der Waals surface area contributed by atoms with Gasteiger partial charge in [-0.15, -0.1) is 10.2 Å². The van der Waals surface area contributed by atoms with Crippen molar-refractivity contribution < 1.29 is 9.53 Å². The van der Waals surface area contributed by atoms with Gasteiger partial charge in [0.25, 0.3) is 5.91 Å². The number of amides is 1. The van der Waals surface area contributed by atoms with Gasteiger partial charge >= 0.3 is 0 Å². The molecule has 8 heteroatoms. The largest absolute Gasteiger partial charge is 0.494 e. The van der Waals surface area contributed by atoms with Gasteiger partial charge in [-0.25, -0.2) is 0 Å². The Kier molecular flexibility index (Phi) is 7.71. The van der Waals surface area contributed by atoms with Gasteiger partial charge in [0.15, 0.2) is 4.34 Å². The molecule has 0 atom stereocenters. The Morgan fingerprint density at radius 1 is 1.21 bits per heavy atom. The molecule has 3 aromatic rings. The van der Waals surface area contributed by atoms with Crippen molar-refractivity contribution in [1.82, 2.24) is 10.2 Å². The first-order valence-electron chi connectivity index (χ1n) is 8.89. The van der Waals surface area contributed by atoms with Gasteiger partial charge in [0.2, 0.25) is 5.13 Å². The number of halogens is 1. The number of ether oxygens (including phenoxy) is 1. The maximum Gasteiger partial charge on any atom is 0.257 e. The van der Waals surface area contributed by atoms with Crippen molar-refractivity contribution in [3.63, 3.8) is 0 Å². The second-order valence-corrected chi connectivity index (χ2v) is 8.54. The molecule has 2 aromatic carbocycles. The number of nitrogens with zero attached hydrogens (tertiary/aromatic N) is 2. The maximum absolute atomic E-state index is 12.5. The molecule has 1 amide bonds. The number of nitrogens with one attached hydrogen (secondary N) is 1. The Labute approximate surface area is 177 Å². The summed E-state index contributed by atoms with van der Waals surface area (Å²) < 4.78 is 6.43. The van der Waals surface area contributed by atoms with Crippen molar-refractivity contribution >= 4 is 45.7 Å². The minimum absolute atomic E-state index is 0.236. The van der Waals surface area contributed by atoms with Gasteiger partial charge in [-0.2, -0.15) is 0 Å². The van der Waals surface area contributed by atoms with Gasteiger partial charge in [0.1, 0.15) is 5.75 Å². The monoisotopic (exact) mass is 433 g/mol. The van der Waals surface area contributed by atoms with Crippen LogP contribution in [0.25, 0.3) is 0 Å². The second-order valence-electron chi connectivity index (χ2n) is 5.94.